The average Bonchev–Trinajstić information content (AvgIpc) is 2.74. The fraction of sp³-hybridized carbons (Fsp3) is 0.231. The highest BCUT2D eigenvalue weighted by Crippen LogP contribution is 2.31. The van der Waals surface area contributed by atoms with Gasteiger partial charge in [-0.15, -0.1) is 11.3 Å². The minimum atomic E-state index is -0.0569. The van der Waals surface area contributed by atoms with Crippen molar-refractivity contribution in [2.75, 3.05) is 7.11 Å². The molecule has 1 unspecified atom stereocenters. The van der Waals surface area contributed by atoms with Gasteiger partial charge in [-0.2, -0.15) is 0 Å². The summed E-state index contributed by atoms with van der Waals surface area (Å²) < 4.78 is 7.48. The third-order valence-electron chi connectivity index (χ3n) is 2.64. The first-order chi connectivity index (χ1) is 8.60. The van der Waals surface area contributed by atoms with Crippen LogP contribution in [0.4, 0.5) is 0 Å². The number of thiophene rings is 1. The van der Waals surface area contributed by atoms with Crippen molar-refractivity contribution in [2.45, 2.75) is 12.5 Å². The molecule has 0 aliphatic rings. The van der Waals surface area contributed by atoms with Crippen molar-refractivity contribution in [3.05, 3.63) is 49.0 Å². The van der Waals surface area contributed by atoms with Gasteiger partial charge in [-0.3, -0.25) is 0 Å². The molecule has 0 radical (unpaired) electrons. The van der Waals surface area contributed by atoms with Crippen LogP contribution in [-0.4, -0.2) is 7.11 Å². The van der Waals surface area contributed by atoms with Gasteiger partial charge in [-0.05, 0) is 34.1 Å². The van der Waals surface area contributed by atoms with Crippen molar-refractivity contribution in [3.63, 3.8) is 0 Å². The lowest BCUT2D eigenvalue weighted by atomic mass is 10.0. The number of hydrogen-bond donors (Lipinski definition) is 1. The van der Waals surface area contributed by atoms with E-state index >= 15 is 0 Å². The first-order valence-corrected chi connectivity index (χ1v) is 7.88. The highest BCUT2D eigenvalue weighted by Gasteiger charge is 2.13. The molecule has 1 aromatic carbocycles. The molecule has 1 atom stereocenters. The summed E-state index contributed by atoms with van der Waals surface area (Å²) >= 11 is 8.60. The second-order valence-corrected chi connectivity index (χ2v) is 6.76. The Kier molecular flexibility index (Phi) is 4.84. The predicted octanol–water partition coefficient (Wildman–Crippen LogP) is 4.52. The quantitative estimate of drug-likeness (QED) is 0.832. The van der Waals surface area contributed by atoms with Crippen molar-refractivity contribution >= 4 is 43.2 Å². The highest BCUT2D eigenvalue weighted by molar-refractivity contribution is 9.10. The van der Waals surface area contributed by atoms with Gasteiger partial charge >= 0.3 is 0 Å². The third-order valence-corrected chi connectivity index (χ3v) is 4.85. The Hall–Kier alpha value is -0.360. The number of halogens is 2. The van der Waals surface area contributed by atoms with Gasteiger partial charge in [0.25, 0.3) is 0 Å². The second kappa shape index (κ2) is 6.19. The van der Waals surface area contributed by atoms with Gasteiger partial charge < -0.3 is 10.5 Å². The molecule has 2 rings (SSSR count). The number of hydrogen-bond acceptors (Lipinski definition) is 3. The van der Waals surface area contributed by atoms with Gasteiger partial charge in [0.05, 0.1) is 7.11 Å². The fourth-order valence-electron chi connectivity index (χ4n) is 1.78. The smallest absolute Gasteiger partial charge is 0.124 e. The molecule has 18 heavy (non-hydrogen) atoms. The summed E-state index contributed by atoms with van der Waals surface area (Å²) in [5, 5.41) is 2.07. The molecular formula is C13H13Br2NOS. The molecule has 0 aliphatic carbocycles. The number of ether oxygens (including phenoxy) is 1. The van der Waals surface area contributed by atoms with E-state index in [0.29, 0.717) is 0 Å². The number of methoxy groups -OCH3 is 1. The standard InChI is InChI=1S/C13H13Br2NOS/c1-17-13-5-8(14)2-3-11(13)12(16)6-10-4-9(15)7-18-10/h2-5,7,12H,6,16H2,1H3. The minimum Gasteiger partial charge on any atom is -0.496 e. The average molecular weight is 391 g/mol. The first-order valence-electron chi connectivity index (χ1n) is 5.42. The highest BCUT2D eigenvalue weighted by atomic mass is 79.9. The van der Waals surface area contributed by atoms with E-state index in [0.717, 1.165) is 26.7 Å². The molecule has 1 aromatic heterocycles. The van der Waals surface area contributed by atoms with Crippen LogP contribution in [0.3, 0.4) is 0 Å². The van der Waals surface area contributed by atoms with Crippen LogP contribution in [0.1, 0.15) is 16.5 Å². The molecule has 2 N–H and O–H groups in total. The van der Waals surface area contributed by atoms with Crippen molar-refractivity contribution < 1.29 is 4.74 Å². The lowest BCUT2D eigenvalue weighted by molar-refractivity contribution is 0.405. The van der Waals surface area contributed by atoms with Gasteiger partial charge in [-0.1, -0.05) is 22.0 Å². The zero-order chi connectivity index (χ0) is 13.1. The molecule has 5 heteroatoms. The Morgan fingerprint density at radius 3 is 2.67 bits per heavy atom. The van der Waals surface area contributed by atoms with E-state index in [9.17, 15) is 0 Å². The van der Waals surface area contributed by atoms with Crippen LogP contribution < -0.4 is 10.5 Å². The summed E-state index contributed by atoms with van der Waals surface area (Å²) in [7, 11) is 1.67. The van der Waals surface area contributed by atoms with E-state index in [1.807, 2.05) is 18.2 Å². The van der Waals surface area contributed by atoms with Crippen LogP contribution in [-0.2, 0) is 6.42 Å². The molecule has 0 bridgehead atoms. The molecule has 1 heterocycles. The third kappa shape index (κ3) is 3.35. The van der Waals surface area contributed by atoms with E-state index in [4.69, 9.17) is 10.5 Å². The zero-order valence-electron chi connectivity index (χ0n) is 9.82. The number of benzene rings is 1. The van der Waals surface area contributed by atoms with Crippen molar-refractivity contribution in [2.24, 2.45) is 5.73 Å². The lowest BCUT2D eigenvalue weighted by Crippen LogP contribution is -2.13. The van der Waals surface area contributed by atoms with Gasteiger partial charge in [0.15, 0.2) is 0 Å². The molecule has 0 saturated carbocycles. The SMILES string of the molecule is COc1cc(Br)ccc1C(N)Cc1cc(Br)cs1. The van der Waals surface area contributed by atoms with Crippen LogP contribution >= 0.6 is 43.2 Å². The van der Waals surface area contributed by atoms with Crippen LogP contribution in [0, 0.1) is 0 Å². The second-order valence-electron chi connectivity index (χ2n) is 3.93. The summed E-state index contributed by atoms with van der Waals surface area (Å²) in [6.45, 7) is 0. The Bertz CT molecular complexity index is 542. The van der Waals surface area contributed by atoms with E-state index in [1.54, 1.807) is 18.4 Å². The zero-order valence-corrected chi connectivity index (χ0v) is 13.8. The molecule has 2 aromatic rings. The molecular weight excluding hydrogens is 378 g/mol. The van der Waals surface area contributed by atoms with Crippen molar-refractivity contribution in [3.8, 4) is 5.75 Å². The molecule has 96 valence electrons. The Morgan fingerprint density at radius 1 is 1.28 bits per heavy atom. The summed E-state index contributed by atoms with van der Waals surface area (Å²) in [6.07, 6.45) is 0.814. The summed E-state index contributed by atoms with van der Waals surface area (Å²) in [5.74, 6) is 0.826. The van der Waals surface area contributed by atoms with Crippen LogP contribution in [0.5, 0.6) is 5.75 Å². The van der Waals surface area contributed by atoms with Gasteiger partial charge in [0, 0.05) is 37.2 Å². The molecule has 0 spiro atoms. The van der Waals surface area contributed by atoms with Gasteiger partial charge in [0.1, 0.15) is 5.75 Å². The molecule has 0 fully saturated rings. The minimum absolute atomic E-state index is 0.0569. The van der Waals surface area contributed by atoms with E-state index in [1.165, 1.54) is 4.88 Å². The van der Waals surface area contributed by atoms with Crippen LogP contribution in [0.15, 0.2) is 38.6 Å². The lowest BCUT2D eigenvalue weighted by Gasteiger charge is -2.15. The van der Waals surface area contributed by atoms with Crippen molar-refractivity contribution in [1.29, 1.82) is 0 Å². The van der Waals surface area contributed by atoms with Crippen LogP contribution in [0.2, 0.25) is 0 Å². The first kappa shape index (κ1) is 14.1. The molecule has 0 aliphatic heterocycles. The van der Waals surface area contributed by atoms with E-state index < -0.39 is 0 Å². The topological polar surface area (TPSA) is 35.2 Å². The van der Waals surface area contributed by atoms with E-state index in [2.05, 4.69) is 43.3 Å². The maximum atomic E-state index is 6.26. The molecule has 0 saturated heterocycles. The molecule has 2 nitrogen and oxygen atoms in total. The van der Waals surface area contributed by atoms with Gasteiger partial charge in [-0.25, -0.2) is 0 Å². The Balaban J connectivity index is 2.20. The monoisotopic (exact) mass is 389 g/mol. The summed E-state index contributed by atoms with van der Waals surface area (Å²) in [5.41, 5.74) is 7.29. The Labute approximate surface area is 127 Å². The maximum absolute atomic E-state index is 6.26. The van der Waals surface area contributed by atoms with Crippen molar-refractivity contribution in [1.82, 2.24) is 0 Å². The molecule has 0 amide bonds. The summed E-state index contributed by atoms with van der Waals surface area (Å²) in [4.78, 5) is 1.26. The largest absolute Gasteiger partial charge is 0.496 e. The fourth-order valence-corrected chi connectivity index (χ4v) is 3.63. The maximum Gasteiger partial charge on any atom is 0.124 e. The normalized spacial score (nSPS) is 12.4. The Morgan fingerprint density at radius 2 is 2.06 bits per heavy atom. The predicted molar refractivity (Wildman–Crippen MR) is 83.3 cm³/mol. The van der Waals surface area contributed by atoms with E-state index in [-0.39, 0.29) is 6.04 Å². The summed E-state index contributed by atoms with van der Waals surface area (Å²) in [6, 6.07) is 7.99. The van der Waals surface area contributed by atoms with Gasteiger partial charge in [0.2, 0.25) is 0 Å². The number of rotatable bonds is 4. The number of nitrogens with two attached hydrogens (primary N) is 1. The van der Waals surface area contributed by atoms with Crippen LogP contribution in [0.25, 0.3) is 0 Å².